The Morgan fingerprint density at radius 1 is 0.690 bits per heavy atom. The Bertz CT molecular complexity index is 1220. The van der Waals surface area contributed by atoms with Gasteiger partial charge in [-0.25, -0.2) is 0 Å². The summed E-state index contributed by atoms with van der Waals surface area (Å²) in [6.45, 7) is 21.9. The van der Waals surface area contributed by atoms with Crippen LogP contribution >= 0.6 is 0 Å². The van der Waals surface area contributed by atoms with Crippen LogP contribution in [0.4, 0.5) is 0 Å². The third-order valence-corrected chi connectivity index (χ3v) is 8.74. The summed E-state index contributed by atoms with van der Waals surface area (Å²) in [5.74, 6) is 0.982. The van der Waals surface area contributed by atoms with Crippen molar-refractivity contribution in [2.45, 2.75) is 107 Å². The molecule has 2 heteroatoms. The van der Waals surface area contributed by atoms with Gasteiger partial charge in [-0.1, -0.05) is 148 Å². The Labute approximate surface area is 258 Å². The van der Waals surface area contributed by atoms with Gasteiger partial charge in [0.25, 0.3) is 0 Å². The van der Waals surface area contributed by atoms with E-state index in [0.29, 0.717) is 11.8 Å². The van der Waals surface area contributed by atoms with Gasteiger partial charge in [0, 0.05) is 0 Å². The van der Waals surface area contributed by atoms with E-state index < -0.39 is 0 Å². The van der Waals surface area contributed by atoms with Crippen molar-refractivity contribution in [3.63, 3.8) is 0 Å². The quantitative estimate of drug-likeness (QED) is 0.256. The van der Waals surface area contributed by atoms with Crippen molar-refractivity contribution in [1.29, 1.82) is 0 Å². The number of hydrogen-bond donors (Lipinski definition) is 2. The van der Waals surface area contributed by atoms with Gasteiger partial charge in [0.05, 0.1) is 12.2 Å². The zero-order valence-corrected chi connectivity index (χ0v) is 28.1. The summed E-state index contributed by atoms with van der Waals surface area (Å²) in [4.78, 5) is 0. The Kier molecular flexibility index (Phi) is 13.7. The molecule has 2 aliphatic carbocycles. The lowest BCUT2D eigenvalue weighted by Crippen LogP contribution is -2.38. The van der Waals surface area contributed by atoms with Gasteiger partial charge < -0.3 is 10.2 Å². The maximum absolute atomic E-state index is 10.1. The van der Waals surface area contributed by atoms with Crippen molar-refractivity contribution in [3.05, 3.63) is 119 Å². The fraction of sp³-hybridized carbons (Fsp3) is 0.500. The first kappa shape index (κ1) is 35.5. The smallest absolute Gasteiger partial charge is 0.0585 e. The van der Waals surface area contributed by atoms with Crippen molar-refractivity contribution >= 4 is 0 Å². The fourth-order valence-electron chi connectivity index (χ4n) is 6.61. The zero-order chi connectivity index (χ0) is 31.5. The van der Waals surface area contributed by atoms with E-state index in [1.165, 1.54) is 33.4 Å². The van der Waals surface area contributed by atoms with E-state index in [2.05, 4.69) is 154 Å². The van der Waals surface area contributed by atoms with Gasteiger partial charge in [-0.3, -0.25) is 0 Å². The molecule has 1 fully saturated rings. The van der Waals surface area contributed by atoms with Crippen LogP contribution in [-0.4, -0.2) is 22.4 Å². The molecule has 0 aromatic heterocycles. The molecule has 230 valence electrons. The second-order valence-electron chi connectivity index (χ2n) is 14.2. The summed E-state index contributed by atoms with van der Waals surface area (Å²) in [6, 6.07) is 0. The van der Waals surface area contributed by atoms with Crippen molar-refractivity contribution in [3.8, 4) is 0 Å². The maximum Gasteiger partial charge on any atom is 0.0585 e. The minimum absolute atomic E-state index is 0.00691. The summed E-state index contributed by atoms with van der Waals surface area (Å²) >= 11 is 0. The predicted molar refractivity (Wildman–Crippen MR) is 184 cm³/mol. The summed E-state index contributed by atoms with van der Waals surface area (Å²) in [5, 5.41) is 20.2. The average molecular weight is 571 g/mol. The van der Waals surface area contributed by atoms with Gasteiger partial charge in [-0.15, -0.1) is 0 Å². The third-order valence-electron chi connectivity index (χ3n) is 8.74. The summed E-state index contributed by atoms with van der Waals surface area (Å²) in [7, 11) is 0. The molecule has 4 atom stereocenters. The van der Waals surface area contributed by atoms with Gasteiger partial charge in [0.2, 0.25) is 0 Å². The minimum atomic E-state index is -0.225. The molecular weight excluding hydrogens is 512 g/mol. The molecule has 2 rings (SSSR count). The van der Waals surface area contributed by atoms with E-state index in [0.717, 1.165) is 25.7 Å². The standard InChI is InChI=1S/C40H58O2/c1-29(17-13-19-31(3)21-23-37-33(5)25-35(41)27-39(37,7)8)15-11-12-16-30(2)18-14-20-32(4)22-24-38-34(6)26-36(42)28-40(38,9)10/h11-24,33,35-37,41-42H,25-28H2,1-10H3/b12-11+,17-13+,18-14+,23-21+,24-22+,29-15+,30-16+,31-19+,32-20+/t33?,35-,36-,37?/m1/s1. The molecule has 0 aromatic rings. The molecule has 0 heterocycles. The average Bonchev–Trinajstić information content (AvgIpc) is 2.84. The Hall–Kier alpha value is -2.68. The highest BCUT2D eigenvalue weighted by atomic mass is 16.3. The number of rotatable bonds is 10. The molecule has 0 amide bonds. The van der Waals surface area contributed by atoms with Crippen LogP contribution in [0.3, 0.4) is 0 Å². The molecule has 0 aliphatic heterocycles. The molecule has 0 spiro atoms. The highest BCUT2D eigenvalue weighted by molar-refractivity contribution is 5.38. The van der Waals surface area contributed by atoms with Crippen LogP contribution in [0, 0.1) is 22.7 Å². The Morgan fingerprint density at radius 3 is 1.71 bits per heavy atom. The van der Waals surface area contributed by atoms with Gasteiger partial charge >= 0.3 is 0 Å². The lowest BCUT2D eigenvalue weighted by molar-refractivity contribution is 0.00771. The summed E-state index contributed by atoms with van der Waals surface area (Å²) in [6.07, 6.45) is 33.1. The van der Waals surface area contributed by atoms with Gasteiger partial charge in [-0.2, -0.15) is 0 Å². The molecule has 0 saturated heterocycles. The van der Waals surface area contributed by atoms with Crippen molar-refractivity contribution in [2.75, 3.05) is 0 Å². The molecule has 0 bridgehead atoms. The first-order valence-electron chi connectivity index (χ1n) is 15.7. The molecule has 1 saturated carbocycles. The van der Waals surface area contributed by atoms with E-state index in [1.54, 1.807) is 0 Å². The van der Waals surface area contributed by atoms with Crippen molar-refractivity contribution < 1.29 is 10.2 Å². The highest BCUT2D eigenvalue weighted by Gasteiger charge is 2.39. The lowest BCUT2D eigenvalue weighted by atomic mass is 9.63. The Morgan fingerprint density at radius 2 is 1.19 bits per heavy atom. The van der Waals surface area contributed by atoms with Crippen molar-refractivity contribution in [1.82, 2.24) is 0 Å². The SMILES string of the molecule is CC1=C(/C=C/C(C)=C/C=C/C(C)=C/C=C/C=C(C)/C=C/C=C(C)/C=C/C2C(C)C[C@@H](O)CC2(C)C)C(C)(C)C[C@H](O)C1. The van der Waals surface area contributed by atoms with E-state index >= 15 is 0 Å². The van der Waals surface area contributed by atoms with Gasteiger partial charge in [-0.05, 0) is 88.5 Å². The lowest BCUT2D eigenvalue weighted by Gasteiger charge is -2.43. The summed E-state index contributed by atoms with van der Waals surface area (Å²) in [5.41, 5.74) is 7.60. The number of allylic oxidation sites excluding steroid dienone is 19. The molecule has 2 unspecified atom stereocenters. The van der Waals surface area contributed by atoms with Crippen LogP contribution in [0.5, 0.6) is 0 Å². The molecule has 42 heavy (non-hydrogen) atoms. The van der Waals surface area contributed by atoms with Crippen LogP contribution in [0.1, 0.15) is 94.9 Å². The molecule has 2 nitrogen and oxygen atoms in total. The van der Waals surface area contributed by atoms with Crippen LogP contribution in [-0.2, 0) is 0 Å². The molecular formula is C40H58O2. The molecule has 2 aliphatic rings. The maximum atomic E-state index is 10.1. The van der Waals surface area contributed by atoms with Gasteiger partial charge in [0.1, 0.15) is 0 Å². The zero-order valence-electron chi connectivity index (χ0n) is 28.1. The fourth-order valence-corrected chi connectivity index (χ4v) is 6.61. The predicted octanol–water partition coefficient (Wildman–Crippen LogP) is 10.5. The third kappa shape index (κ3) is 11.9. The normalized spacial score (nSPS) is 28.5. The minimum Gasteiger partial charge on any atom is -0.393 e. The van der Waals surface area contributed by atoms with Crippen LogP contribution < -0.4 is 0 Å². The summed E-state index contributed by atoms with van der Waals surface area (Å²) < 4.78 is 0. The van der Waals surface area contributed by atoms with E-state index in [9.17, 15) is 10.2 Å². The second-order valence-corrected chi connectivity index (χ2v) is 14.2. The van der Waals surface area contributed by atoms with Crippen molar-refractivity contribution in [2.24, 2.45) is 22.7 Å². The number of aliphatic hydroxyl groups excluding tert-OH is 2. The monoisotopic (exact) mass is 570 g/mol. The first-order chi connectivity index (χ1) is 19.6. The molecule has 0 radical (unpaired) electrons. The van der Waals surface area contributed by atoms with Crippen LogP contribution in [0.15, 0.2) is 119 Å². The van der Waals surface area contributed by atoms with Crippen LogP contribution in [0.2, 0.25) is 0 Å². The molecule has 0 aromatic carbocycles. The number of hydrogen-bond acceptors (Lipinski definition) is 2. The highest BCUT2D eigenvalue weighted by Crippen LogP contribution is 2.45. The largest absolute Gasteiger partial charge is 0.393 e. The van der Waals surface area contributed by atoms with E-state index in [1.807, 2.05) is 0 Å². The van der Waals surface area contributed by atoms with Gasteiger partial charge in [0.15, 0.2) is 0 Å². The molecule has 2 N–H and O–H groups in total. The number of aliphatic hydroxyl groups is 2. The Balaban J connectivity index is 1.88. The van der Waals surface area contributed by atoms with E-state index in [4.69, 9.17) is 0 Å². The topological polar surface area (TPSA) is 40.5 Å². The second kappa shape index (κ2) is 16.2. The van der Waals surface area contributed by atoms with Crippen LogP contribution in [0.25, 0.3) is 0 Å². The van der Waals surface area contributed by atoms with E-state index in [-0.39, 0.29) is 23.0 Å². The first-order valence-corrected chi connectivity index (χ1v) is 15.7.